The van der Waals surface area contributed by atoms with Gasteiger partial charge in [-0.25, -0.2) is 9.18 Å². The Morgan fingerprint density at radius 2 is 2.16 bits per heavy atom. The first-order valence-corrected chi connectivity index (χ1v) is 5.94. The number of carbonyl (C=O) groups is 2. The number of carboxylic acids is 1. The SMILES string of the molecule is CCCCC(Oc1ccc(C(N)=O)c(F)c1)C(=O)O. The molecule has 19 heavy (non-hydrogen) atoms. The van der Waals surface area contributed by atoms with E-state index in [9.17, 15) is 14.0 Å². The molecule has 3 N–H and O–H groups in total. The first kappa shape index (κ1) is 14.9. The third-order valence-electron chi connectivity index (χ3n) is 2.58. The van der Waals surface area contributed by atoms with E-state index in [0.29, 0.717) is 12.8 Å². The van der Waals surface area contributed by atoms with Crippen molar-refractivity contribution in [3.8, 4) is 5.75 Å². The number of primary amides is 1. The number of carbonyl (C=O) groups excluding carboxylic acids is 1. The molecule has 1 unspecified atom stereocenters. The summed E-state index contributed by atoms with van der Waals surface area (Å²) < 4.78 is 18.7. The van der Waals surface area contributed by atoms with E-state index in [1.165, 1.54) is 12.1 Å². The van der Waals surface area contributed by atoms with Gasteiger partial charge in [-0.1, -0.05) is 13.3 Å². The van der Waals surface area contributed by atoms with E-state index in [-0.39, 0.29) is 11.3 Å². The van der Waals surface area contributed by atoms with Gasteiger partial charge in [-0.2, -0.15) is 0 Å². The highest BCUT2D eigenvalue weighted by molar-refractivity contribution is 5.93. The lowest BCUT2D eigenvalue weighted by Gasteiger charge is -2.15. The van der Waals surface area contributed by atoms with Gasteiger partial charge in [-0.15, -0.1) is 0 Å². The minimum absolute atomic E-state index is 0.0611. The van der Waals surface area contributed by atoms with Crippen LogP contribution in [0.5, 0.6) is 5.75 Å². The molecule has 1 aromatic carbocycles. The largest absolute Gasteiger partial charge is 0.479 e. The summed E-state index contributed by atoms with van der Waals surface area (Å²) in [5.74, 6) is -2.76. The molecule has 0 saturated heterocycles. The molecule has 0 radical (unpaired) electrons. The maximum atomic E-state index is 13.5. The van der Waals surface area contributed by atoms with Crippen LogP contribution in [-0.4, -0.2) is 23.1 Å². The summed E-state index contributed by atoms with van der Waals surface area (Å²) in [6.45, 7) is 1.93. The van der Waals surface area contributed by atoms with Gasteiger partial charge in [0.25, 0.3) is 5.91 Å². The van der Waals surface area contributed by atoms with Gasteiger partial charge < -0.3 is 15.6 Å². The van der Waals surface area contributed by atoms with Crippen LogP contribution < -0.4 is 10.5 Å². The summed E-state index contributed by atoms with van der Waals surface area (Å²) in [7, 11) is 0. The van der Waals surface area contributed by atoms with E-state index in [0.717, 1.165) is 12.5 Å². The number of ether oxygens (including phenoxy) is 1. The third-order valence-corrected chi connectivity index (χ3v) is 2.58. The summed E-state index contributed by atoms with van der Waals surface area (Å²) in [6, 6.07) is 3.46. The van der Waals surface area contributed by atoms with Crippen molar-refractivity contribution in [1.82, 2.24) is 0 Å². The van der Waals surface area contributed by atoms with Crippen molar-refractivity contribution in [2.75, 3.05) is 0 Å². The highest BCUT2D eigenvalue weighted by atomic mass is 19.1. The molecule has 104 valence electrons. The molecule has 1 amide bonds. The Balaban J connectivity index is 2.82. The van der Waals surface area contributed by atoms with Crippen molar-refractivity contribution in [2.45, 2.75) is 32.3 Å². The maximum absolute atomic E-state index is 13.5. The van der Waals surface area contributed by atoms with Crippen LogP contribution in [0.2, 0.25) is 0 Å². The molecule has 0 spiro atoms. The summed E-state index contributed by atoms with van der Waals surface area (Å²) in [5.41, 5.74) is 4.71. The summed E-state index contributed by atoms with van der Waals surface area (Å²) >= 11 is 0. The number of nitrogens with two attached hydrogens (primary N) is 1. The van der Waals surface area contributed by atoms with Gasteiger partial charge in [-0.05, 0) is 25.0 Å². The van der Waals surface area contributed by atoms with E-state index >= 15 is 0 Å². The smallest absolute Gasteiger partial charge is 0.344 e. The predicted molar refractivity (Wildman–Crippen MR) is 66.5 cm³/mol. The Morgan fingerprint density at radius 1 is 1.47 bits per heavy atom. The Hall–Kier alpha value is -2.11. The van der Waals surface area contributed by atoms with Crippen molar-refractivity contribution in [3.63, 3.8) is 0 Å². The Bertz CT molecular complexity index is 476. The fourth-order valence-corrected chi connectivity index (χ4v) is 1.56. The van der Waals surface area contributed by atoms with Gasteiger partial charge in [0.15, 0.2) is 6.10 Å². The first-order valence-electron chi connectivity index (χ1n) is 5.94. The molecule has 0 heterocycles. The highest BCUT2D eigenvalue weighted by Gasteiger charge is 2.19. The molecule has 0 aliphatic carbocycles. The molecule has 0 bridgehead atoms. The fourth-order valence-electron chi connectivity index (χ4n) is 1.56. The topological polar surface area (TPSA) is 89.6 Å². The zero-order chi connectivity index (χ0) is 14.4. The summed E-state index contributed by atoms with van der Waals surface area (Å²) in [6.07, 6.45) is 0.838. The second-order valence-corrected chi connectivity index (χ2v) is 4.09. The Kier molecular flexibility index (Phi) is 5.29. The van der Waals surface area contributed by atoms with Crippen LogP contribution in [0.4, 0.5) is 4.39 Å². The van der Waals surface area contributed by atoms with E-state index in [2.05, 4.69) is 0 Å². The standard InChI is InChI=1S/C13H16FNO4/c1-2-3-4-11(13(17)18)19-8-5-6-9(12(15)16)10(14)7-8/h5-7,11H,2-4H2,1H3,(H2,15,16)(H,17,18). The van der Waals surface area contributed by atoms with Crippen LogP contribution in [0, 0.1) is 5.82 Å². The number of amides is 1. The average molecular weight is 269 g/mol. The zero-order valence-corrected chi connectivity index (χ0v) is 10.6. The van der Waals surface area contributed by atoms with E-state index in [1.807, 2.05) is 6.92 Å². The maximum Gasteiger partial charge on any atom is 0.344 e. The first-order chi connectivity index (χ1) is 8.95. The number of carboxylic acid groups (broad SMARTS) is 1. The van der Waals surface area contributed by atoms with E-state index in [4.69, 9.17) is 15.6 Å². The highest BCUT2D eigenvalue weighted by Crippen LogP contribution is 2.19. The van der Waals surface area contributed by atoms with Crippen molar-refractivity contribution in [2.24, 2.45) is 5.73 Å². The van der Waals surface area contributed by atoms with Crippen molar-refractivity contribution in [3.05, 3.63) is 29.6 Å². The number of rotatable bonds is 7. The molecule has 1 aromatic rings. The second kappa shape index (κ2) is 6.72. The van der Waals surface area contributed by atoms with Gasteiger partial charge in [0.1, 0.15) is 11.6 Å². The Labute approximate surface area is 110 Å². The lowest BCUT2D eigenvalue weighted by Crippen LogP contribution is -2.27. The van der Waals surface area contributed by atoms with Gasteiger partial charge in [-0.3, -0.25) is 4.79 Å². The molecule has 0 aromatic heterocycles. The van der Waals surface area contributed by atoms with Crippen molar-refractivity contribution < 1.29 is 23.8 Å². The normalized spacial score (nSPS) is 11.9. The molecule has 0 fully saturated rings. The Morgan fingerprint density at radius 3 is 2.63 bits per heavy atom. The second-order valence-electron chi connectivity index (χ2n) is 4.09. The van der Waals surface area contributed by atoms with Gasteiger partial charge in [0.2, 0.25) is 0 Å². The molecule has 0 aliphatic heterocycles. The summed E-state index contributed by atoms with van der Waals surface area (Å²) in [4.78, 5) is 21.8. The van der Waals surface area contributed by atoms with Crippen LogP contribution in [0.1, 0.15) is 36.5 Å². The number of unbranched alkanes of at least 4 members (excludes halogenated alkanes) is 1. The van der Waals surface area contributed by atoms with Gasteiger partial charge in [0, 0.05) is 6.07 Å². The number of aliphatic carboxylic acids is 1. The minimum Gasteiger partial charge on any atom is -0.479 e. The predicted octanol–water partition coefficient (Wildman–Crippen LogP) is 1.95. The molecule has 0 saturated carbocycles. The third kappa shape index (κ3) is 4.24. The number of hydrogen-bond donors (Lipinski definition) is 2. The number of benzene rings is 1. The molecule has 1 rings (SSSR count). The van der Waals surface area contributed by atoms with Crippen molar-refractivity contribution in [1.29, 1.82) is 0 Å². The van der Waals surface area contributed by atoms with Crippen LogP contribution in [-0.2, 0) is 4.79 Å². The van der Waals surface area contributed by atoms with Crippen LogP contribution >= 0.6 is 0 Å². The lowest BCUT2D eigenvalue weighted by molar-refractivity contribution is -0.145. The number of hydrogen-bond acceptors (Lipinski definition) is 3. The average Bonchev–Trinajstić information content (AvgIpc) is 2.33. The van der Waals surface area contributed by atoms with Crippen molar-refractivity contribution >= 4 is 11.9 Å². The molecular formula is C13H16FNO4. The lowest BCUT2D eigenvalue weighted by atomic mass is 10.1. The molecule has 1 atom stereocenters. The summed E-state index contributed by atoms with van der Waals surface area (Å²) in [5, 5.41) is 8.98. The molecule has 6 heteroatoms. The van der Waals surface area contributed by atoms with Gasteiger partial charge in [0.05, 0.1) is 5.56 Å². The van der Waals surface area contributed by atoms with Gasteiger partial charge >= 0.3 is 5.97 Å². The quantitative estimate of drug-likeness (QED) is 0.791. The van der Waals surface area contributed by atoms with E-state index in [1.54, 1.807) is 0 Å². The monoisotopic (exact) mass is 269 g/mol. The molecule has 0 aliphatic rings. The molecular weight excluding hydrogens is 253 g/mol. The minimum atomic E-state index is -1.10. The zero-order valence-electron chi connectivity index (χ0n) is 10.6. The van der Waals surface area contributed by atoms with Crippen LogP contribution in [0.25, 0.3) is 0 Å². The van der Waals surface area contributed by atoms with Crippen LogP contribution in [0.15, 0.2) is 18.2 Å². The molecule has 5 nitrogen and oxygen atoms in total. The number of halogens is 1. The van der Waals surface area contributed by atoms with Crippen LogP contribution in [0.3, 0.4) is 0 Å². The van der Waals surface area contributed by atoms with E-state index < -0.39 is 23.8 Å². The fraction of sp³-hybridized carbons (Fsp3) is 0.385.